The van der Waals surface area contributed by atoms with E-state index in [1.54, 1.807) is 32.9 Å². The van der Waals surface area contributed by atoms with Crippen molar-refractivity contribution >= 4 is 16.0 Å². The summed E-state index contributed by atoms with van der Waals surface area (Å²) >= 11 is 0. The molecule has 2 aromatic rings. The molecule has 13 heteroatoms. The summed E-state index contributed by atoms with van der Waals surface area (Å²) in [6.07, 6.45) is 2.46. The average Bonchev–Trinajstić information content (AvgIpc) is 3.88. The molecular weight excluding hydrogens is 710 g/mol. The van der Waals surface area contributed by atoms with E-state index in [4.69, 9.17) is 9.47 Å². The summed E-state index contributed by atoms with van der Waals surface area (Å²) in [7, 11) is -3.28. The fourth-order valence-electron chi connectivity index (χ4n) is 4.24. The Morgan fingerprint density at radius 3 is 1.57 bits per heavy atom. The van der Waals surface area contributed by atoms with E-state index in [9.17, 15) is 31.5 Å². The fraction of sp³-hybridized carbons (Fsp3) is 0.625. The number of hydrogen-bond acceptors (Lipinski definition) is 8. The highest BCUT2D eigenvalue weighted by molar-refractivity contribution is 7.86. The largest absolute Gasteiger partial charge is 0.491 e. The second-order valence-corrected chi connectivity index (χ2v) is 17.9. The molecule has 3 rings (SSSR count). The molecule has 2 N–H and O–H groups in total. The van der Waals surface area contributed by atoms with E-state index in [2.05, 4.69) is 55.6 Å². The number of aliphatic hydroxyl groups is 1. The summed E-state index contributed by atoms with van der Waals surface area (Å²) in [5, 5.41) is 12.3. The van der Waals surface area contributed by atoms with E-state index in [1.807, 2.05) is 64.1 Å². The van der Waals surface area contributed by atoms with E-state index in [0.717, 1.165) is 17.4 Å². The van der Waals surface area contributed by atoms with Gasteiger partial charge in [-0.2, -0.15) is 17.2 Å². The fourth-order valence-corrected chi connectivity index (χ4v) is 5.14. The number of halogens is 3. The summed E-state index contributed by atoms with van der Waals surface area (Å²) in [5.41, 5.74) is 1.39. The van der Waals surface area contributed by atoms with Crippen LogP contribution in [0.1, 0.15) is 101 Å². The zero-order chi connectivity index (χ0) is 41.5. The Morgan fingerprint density at radius 2 is 1.32 bits per heavy atom. The first-order valence-corrected chi connectivity index (χ1v) is 19.4. The van der Waals surface area contributed by atoms with E-state index in [1.165, 1.54) is 19.2 Å². The van der Waals surface area contributed by atoms with Crippen LogP contribution in [0.5, 0.6) is 11.5 Å². The van der Waals surface area contributed by atoms with Gasteiger partial charge in [0, 0.05) is 29.6 Å². The molecule has 1 amide bonds. The van der Waals surface area contributed by atoms with Gasteiger partial charge in [-0.25, -0.2) is 4.39 Å². The molecule has 1 unspecified atom stereocenters. The molecule has 1 fully saturated rings. The highest BCUT2D eigenvalue weighted by Crippen LogP contribution is 2.33. The number of nitrogens with one attached hydrogen (secondary N) is 1. The van der Waals surface area contributed by atoms with Crippen LogP contribution in [-0.4, -0.2) is 92.3 Å². The normalized spacial score (nSPS) is 14.1. The lowest BCUT2D eigenvalue weighted by Crippen LogP contribution is -2.39. The third-order valence-corrected chi connectivity index (χ3v) is 7.99. The summed E-state index contributed by atoms with van der Waals surface area (Å²) in [4.78, 5) is 13.0. The van der Waals surface area contributed by atoms with Crippen molar-refractivity contribution in [1.82, 2.24) is 10.2 Å². The minimum Gasteiger partial charge on any atom is -0.491 e. The topological polar surface area (TPSA) is 114 Å². The first kappa shape index (κ1) is 49.9. The van der Waals surface area contributed by atoms with Crippen molar-refractivity contribution in [3.05, 3.63) is 72.3 Å². The Hall–Kier alpha value is -3.13. The smallest absolute Gasteiger partial charge is 0.309 e. The van der Waals surface area contributed by atoms with Crippen molar-refractivity contribution in [2.24, 2.45) is 0 Å². The quantitative estimate of drug-likeness (QED) is 0.126. The zero-order valence-electron chi connectivity index (χ0n) is 34.1. The number of rotatable bonds is 12. The number of ether oxygens (including phenoxy) is 2. The molecule has 0 aliphatic carbocycles. The van der Waals surface area contributed by atoms with Gasteiger partial charge in [-0.05, 0) is 110 Å². The number of carbonyl (C=O) groups is 1. The molecular formula is C40H65F3N2O7S. The second kappa shape index (κ2) is 21.1. The lowest BCUT2D eigenvalue weighted by Gasteiger charge is -2.26. The number of aliphatic hydroxyl groups excluding tert-OH is 1. The maximum atomic E-state index is 13.0. The second-order valence-electron chi connectivity index (χ2n) is 16.3. The first-order chi connectivity index (χ1) is 23.9. The lowest BCUT2D eigenvalue weighted by molar-refractivity contribution is -0.117. The molecule has 0 radical (unpaired) electrons. The first-order valence-electron chi connectivity index (χ1n) is 17.6. The molecule has 0 aromatic heterocycles. The molecule has 1 atom stereocenters. The predicted molar refractivity (Wildman–Crippen MR) is 208 cm³/mol. The van der Waals surface area contributed by atoms with Gasteiger partial charge in [0.2, 0.25) is 5.91 Å². The average molecular weight is 775 g/mol. The third kappa shape index (κ3) is 24.0. The third-order valence-electron chi connectivity index (χ3n) is 7.19. The molecule has 0 spiro atoms. The van der Waals surface area contributed by atoms with Crippen molar-refractivity contribution in [2.75, 3.05) is 39.2 Å². The van der Waals surface area contributed by atoms with Crippen molar-refractivity contribution in [3.8, 4) is 11.5 Å². The highest BCUT2D eigenvalue weighted by atomic mass is 32.2. The van der Waals surface area contributed by atoms with Crippen molar-refractivity contribution < 1.29 is 45.1 Å². The Balaban J connectivity index is 0.000000871. The van der Waals surface area contributed by atoms with Crippen molar-refractivity contribution in [2.45, 2.75) is 124 Å². The molecule has 2 aromatic carbocycles. The van der Waals surface area contributed by atoms with Gasteiger partial charge >= 0.3 is 5.92 Å². The highest BCUT2D eigenvalue weighted by Gasteiger charge is 2.31. The molecule has 53 heavy (non-hydrogen) atoms. The molecule has 1 aliphatic heterocycles. The number of nitrogens with zero attached hydrogens (tertiary/aromatic N) is 1. The summed E-state index contributed by atoms with van der Waals surface area (Å²) in [6, 6.07) is 14.5. The van der Waals surface area contributed by atoms with Gasteiger partial charge in [0.15, 0.2) is 13.3 Å². The predicted octanol–water partition coefficient (Wildman–Crippen LogP) is 8.09. The maximum Gasteiger partial charge on any atom is 0.309 e. The van der Waals surface area contributed by atoms with Crippen LogP contribution in [0.2, 0.25) is 0 Å². The van der Waals surface area contributed by atoms with Crippen LogP contribution in [0.25, 0.3) is 0 Å². The van der Waals surface area contributed by atoms with Crippen LogP contribution in [0.3, 0.4) is 0 Å². The Kier molecular flexibility index (Phi) is 19.8. The van der Waals surface area contributed by atoms with Crippen LogP contribution < -0.4 is 14.8 Å². The van der Waals surface area contributed by atoms with Gasteiger partial charge in [0.25, 0.3) is 10.1 Å². The van der Waals surface area contributed by atoms with E-state index < -0.39 is 41.0 Å². The SMILES string of the molecule is C=CC(=O)NC(C)(C)C.CC(C)(C)N1CC1.CC(C)(C)OS(C)(=O)=O.CCC(O)COc1ccc(C(C)(C)c2ccc(OCC(F)(F)CF)cc2)cc1. The molecule has 0 saturated carbocycles. The van der Waals surface area contributed by atoms with Crippen LogP contribution in [0, 0.1) is 0 Å². The Bertz CT molecular complexity index is 1470. The summed E-state index contributed by atoms with van der Waals surface area (Å²) in [6.45, 7) is 27.1. The number of hydrogen-bond donors (Lipinski definition) is 2. The van der Waals surface area contributed by atoms with Gasteiger partial charge in [0.1, 0.15) is 18.1 Å². The van der Waals surface area contributed by atoms with Crippen molar-refractivity contribution in [3.63, 3.8) is 0 Å². The lowest BCUT2D eigenvalue weighted by atomic mass is 9.78. The maximum absolute atomic E-state index is 13.0. The Labute approximate surface area is 317 Å². The molecule has 1 saturated heterocycles. The van der Waals surface area contributed by atoms with Crippen LogP contribution in [0.4, 0.5) is 13.2 Å². The number of amides is 1. The van der Waals surface area contributed by atoms with E-state index >= 15 is 0 Å². The van der Waals surface area contributed by atoms with Crippen LogP contribution >= 0.6 is 0 Å². The van der Waals surface area contributed by atoms with Crippen LogP contribution in [0.15, 0.2) is 61.2 Å². The van der Waals surface area contributed by atoms with Crippen molar-refractivity contribution in [1.29, 1.82) is 0 Å². The van der Waals surface area contributed by atoms with E-state index in [0.29, 0.717) is 17.7 Å². The van der Waals surface area contributed by atoms with Crippen LogP contribution in [-0.2, 0) is 24.5 Å². The number of carbonyl (C=O) groups excluding carboxylic acids is 1. The van der Waals surface area contributed by atoms with E-state index in [-0.39, 0.29) is 29.2 Å². The van der Waals surface area contributed by atoms with Gasteiger partial charge in [-0.15, -0.1) is 0 Å². The molecule has 9 nitrogen and oxygen atoms in total. The molecule has 1 heterocycles. The van der Waals surface area contributed by atoms with Gasteiger partial charge in [-0.3, -0.25) is 13.9 Å². The minimum atomic E-state index is -3.48. The van der Waals surface area contributed by atoms with Gasteiger partial charge in [0.05, 0.1) is 18.0 Å². The monoisotopic (exact) mass is 774 g/mol. The summed E-state index contributed by atoms with van der Waals surface area (Å²) < 4.78 is 74.1. The standard InChI is InChI=1S/C22H27F3O3.C7H13NO.C6H13N.C5H12O3S/c1-4-18(26)13-27-19-9-5-16(6-10-19)21(2,3)17-7-11-20(12-8-17)28-15-22(24,25)14-23;1-5-6(9)8-7(2,3)4;1-6(2,3)7-4-5-7;1-5(2,3)8-9(4,6)7/h5-12,18,26H,4,13-15H2,1-3H3;5H,1H2,2-4H3,(H,8,9);4-5H2,1-3H3;1-4H3. The zero-order valence-corrected chi connectivity index (χ0v) is 34.9. The Morgan fingerprint density at radius 1 is 0.887 bits per heavy atom. The molecule has 1 aliphatic rings. The minimum absolute atomic E-state index is 0.123. The molecule has 304 valence electrons. The summed E-state index contributed by atoms with van der Waals surface area (Å²) in [5.74, 6) is -2.65. The number of benzene rings is 2. The van der Waals surface area contributed by atoms with Gasteiger partial charge in [-0.1, -0.05) is 51.6 Å². The number of alkyl halides is 3. The van der Waals surface area contributed by atoms with Gasteiger partial charge < -0.3 is 19.9 Å². The molecule has 0 bridgehead atoms.